The molecule has 2 heterocycles. The van der Waals surface area contributed by atoms with Gasteiger partial charge in [0, 0.05) is 10.9 Å². The first-order valence-electron chi connectivity index (χ1n) is 8.64. The Morgan fingerprint density at radius 1 is 1.07 bits per heavy atom. The Morgan fingerprint density at radius 2 is 1.76 bits per heavy atom. The average molecular weight is 419 g/mol. The second kappa shape index (κ2) is 7.16. The Balaban J connectivity index is 1.72. The molecule has 150 valence electrons. The normalized spacial score (nSPS) is 19.3. The van der Waals surface area contributed by atoms with E-state index in [0.717, 1.165) is 16.9 Å². The highest BCUT2D eigenvalue weighted by Crippen LogP contribution is 2.45. The summed E-state index contributed by atoms with van der Waals surface area (Å²) >= 11 is 0.984. The van der Waals surface area contributed by atoms with Crippen molar-refractivity contribution in [3.05, 3.63) is 65.5 Å². The standard InChI is InChI=1S/C20H16F3N3O2S/c1-28-15-9-7-14(8-10-15)17-12-29-18(24-17)26-19(27,20(21,22)23)11-16(25-26)13-5-3-2-4-6-13/h2-10,12,27H,11H2,1H3/t19-/m0/s1. The maximum absolute atomic E-state index is 13.8. The van der Waals surface area contributed by atoms with Gasteiger partial charge in [-0.05, 0) is 29.8 Å². The van der Waals surface area contributed by atoms with Gasteiger partial charge in [-0.2, -0.15) is 23.3 Å². The zero-order valence-corrected chi connectivity index (χ0v) is 16.0. The first-order chi connectivity index (χ1) is 13.8. The van der Waals surface area contributed by atoms with E-state index in [9.17, 15) is 18.3 Å². The van der Waals surface area contributed by atoms with Crippen molar-refractivity contribution in [1.29, 1.82) is 0 Å². The summed E-state index contributed by atoms with van der Waals surface area (Å²) in [5.74, 6) is 0.660. The molecule has 0 saturated carbocycles. The van der Waals surface area contributed by atoms with E-state index < -0.39 is 18.3 Å². The SMILES string of the molecule is COc1ccc(-c2csc(N3N=C(c4ccccc4)C[C@]3(O)C(F)(F)F)n2)cc1. The van der Waals surface area contributed by atoms with Crippen LogP contribution in [-0.2, 0) is 0 Å². The number of hydrogen-bond donors (Lipinski definition) is 1. The van der Waals surface area contributed by atoms with Gasteiger partial charge in [0.1, 0.15) is 5.75 Å². The van der Waals surface area contributed by atoms with Gasteiger partial charge in [-0.25, -0.2) is 4.98 Å². The predicted octanol–water partition coefficient (Wildman–Crippen LogP) is 4.68. The van der Waals surface area contributed by atoms with Crippen LogP contribution in [0.4, 0.5) is 18.3 Å². The summed E-state index contributed by atoms with van der Waals surface area (Å²) in [6.07, 6.45) is -5.60. The molecule has 9 heteroatoms. The number of alkyl halides is 3. The topological polar surface area (TPSA) is 58.0 Å². The Hall–Kier alpha value is -2.91. The number of aromatic nitrogens is 1. The zero-order chi connectivity index (χ0) is 20.6. The summed E-state index contributed by atoms with van der Waals surface area (Å²) in [6.45, 7) is 0. The molecule has 0 spiro atoms. The molecule has 0 radical (unpaired) electrons. The first-order valence-corrected chi connectivity index (χ1v) is 9.52. The summed E-state index contributed by atoms with van der Waals surface area (Å²) in [6, 6.07) is 15.5. The minimum Gasteiger partial charge on any atom is -0.497 e. The van der Waals surface area contributed by atoms with Crippen molar-refractivity contribution in [3.63, 3.8) is 0 Å². The van der Waals surface area contributed by atoms with Crippen molar-refractivity contribution in [3.8, 4) is 17.0 Å². The van der Waals surface area contributed by atoms with Gasteiger partial charge >= 0.3 is 6.18 Å². The van der Waals surface area contributed by atoms with Gasteiger partial charge < -0.3 is 9.84 Å². The molecule has 1 aliphatic rings. The van der Waals surface area contributed by atoms with Gasteiger partial charge in [0.15, 0.2) is 0 Å². The largest absolute Gasteiger partial charge is 0.497 e. The van der Waals surface area contributed by atoms with E-state index in [2.05, 4.69) is 10.1 Å². The number of thiazole rings is 1. The molecule has 4 rings (SSSR count). The third-order valence-electron chi connectivity index (χ3n) is 4.61. The van der Waals surface area contributed by atoms with Gasteiger partial charge in [0.25, 0.3) is 5.72 Å². The Bertz CT molecular complexity index is 1040. The van der Waals surface area contributed by atoms with Crippen LogP contribution in [0.25, 0.3) is 11.3 Å². The maximum Gasteiger partial charge on any atom is 0.438 e. The van der Waals surface area contributed by atoms with Gasteiger partial charge in [0.05, 0.1) is 24.9 Å². The molecule has 2 aromatic carbocycles. The Kier molecular flexibility index (Phi) is 4.79. The summed E-state index contributed by atoms with van der Waals surface area (Å²) in [4.78, 5) is 4.29. The van der Waals surface area contributed by atoms with Gasteiger partial charge in [-0.15, -0.1) is 11.3 Å². The molecule has 0 amide bonds. The number of aliphatic hydroxyl groups is 1. The lowest BCUT2D eigenvalue weighted by Crippen LogP contribution is -2.55. The number of benzene rings is 2. The molecular formula is C20H16F3N3O2S. The van der Waals surface area contributed by atoms with Crippen LogP contribution < -0.4 is 9.75 Å². The van der Waals surface area contributed by atoms with Gasteiger partial charge in [-0.1, -0.05) is 30.3 Å². The zero-order valence-electron chi connectivity index (χ0n) is 15.2. The first kappa shape index (κ1) is 19.4. The highest BCUT2D eigenvalue weighted by Gasteiger charge is 2.62. The van der Waals surface area contributed by atoms with Gasteiger partial charge in [0.2, 0.25) is 5.13 Å². The third kappa shape index (κ3) is 3.47. The van der Waals surface area contributed by atoms with Crippen molar-refractivity contribution in [2.75, 3.05) is 12.1 Å². The van der Waals surface area contributed by atoms with Crippen molar-refractivity contribution >= 4 is 22.2 Å². The van der Waals surface area contributed by atoms with Gasteiger partial charge in [-0.3, -0.25) is 0 Å². The minimum absolute atomic E-state index is 0.0402. The second-order valence-electron chi connectivity index (χ2n) is 6.46. The molecule has 0 saturated heterocycles. The number of hydrazone groups is 1. The van der Waals surface area contributed by atoms with E-state index in [1.165, 1.54) is 0 Å². The van der Waals surface area contributed by atoms with E-state index >= 15 is 0 Å². The Labute approximate surface area is 168 Å². The second-order valence-corrected chi connectivity index (χ2v) is 7.30. The van der Waals surface area contributed by atoms with Crippen LogP contribution in [0, 0.1) is 0 Å². The molecule has 1 aromatic heterocycles. The molecule has 3 aromatic rings. The third-order valence-corrected chi connectivity index (χ3v) is 5.42. The smallest absolute Gasteiger partial charge is 0.438 e. The van der Waals surface area contributed by atoms with Crippen molar-refractivity contribution in [1.82, 2.24) is 4.98 Å². The molecule has 1 N–H and O–H groups in total. The van der Waals surface area contributed by atoms with Crippen LogP contribution in [0.3, 0.4) is 0 Å². The lowest BCUT2D eigenvalue weighted by atomic mass is 10.0. The fourth-order valence-electron chi connectivity index (χ4n) is 3.01. The molecule has 1 aliphatic heterocycles. The highest BCUT2D eigenvalue weighted by molar-refractivity contribution is 7.14. The van der Waals surface area contributed by atoms with Crippen molar-refractivity contribution in [2.24, 2.45) is 5.10 Å². The number of anilines is 1. The van der Waals surface area contributed by atoms with Crippen LogP contribution in [0.15, 0.2) is 65.1 Å². The Morgan fingerprint density at radius 3 is 2.38 bits per heavy atom. The van der Waals surface area contributed by atoms with E-state index in [0.29, 0.717) is 22.0 Å². The molecule has 0 bridgehead atoms. The fourth-order valence-corrected chi connectivity index (χ4v) is 3.86. The van der Waals surface area contributed by atoms with Crippen LogP contribution in [0.2, 0.25) is 0 Å². The number of methoxy groups -OCH3 is 1. The number of hydrogen-bond acceptors (Lipinski definition) is 6. The van der Waals surface area contributed by atoms with Crippen LogP contribution in [0.1, 0.15) is 12.0 Å². The molecule has 5 nitrogen and oxygen atoms in total. The molecule has 0 unspecified atom stereocenters. The van der Waals surface area contributed by atoms with E-state index in [1.807, 2.05) is 0 Å². The van der Waals surface area contributed by atoms with Crippen LogP contribution in [-0.4, -0.2) is 34.8 Å². The van der Waals surface area contributed by atoms with Crippen LogP contribution in [0.5, 0.6) is 5.75 Å². The summed E-state index contributed by atoms with van der Waals surface area (Å²) in [5, 5.41) is 16.8. The number of nitrogens with zero attached hydrogens (tertiary/aromatic N) is 3. The lowest BCUT2D eigenvalue weighted by molar-refractivity contribution is -0.254. The van der Waals surface area contributed by atoms with E-state index in [-0.39, 0.29) is 10.8 Å². The average Bonchev–Trinajstić information content (AvgIpc) is 3.34. The lowest BCUT2D eigenvalue weighted by Gasteiger charge is -2.32. The molecule has 0 fully saturated rings. The molecule has 0 aliphatic carbocycles. The summed E-state index contributed by atoms with van der Waals surface area (Å²) in [5.41, 5.74) is -1.29. The predicted molar refractivity (Wildman–Crippen MR) is 105 cm³/mol. The molecule has 29 heavy (non-hydrogen) atoms. The summed E-state index contributed by atoms with van der Waals surface area (Å²) < 4.78 is 46.5. The van der Waals surface area contributed by atoms with Crippen LogP contribution >= 0.6 is 11.3 Å². The monoisotopic (exact) mass is 419 g/mol. The number of ether oxygens (including phenoxy) is 1. The highest BCUT2D eigenvalue weighted by atomic mass is 32.1. The molecular weight excluding hydrogens is 403 g/mol. The summed E-state index contributed by atoms with van der Waals surface area (Å²) in [7, 11) is 1.55. The minimum atomic E-state index is -4.92. The number of halogens is 3. The van der Waals surface area contributed by atoms with E-state index in [4.69, 9.17) is 4.74 Å². The quantitative estimate of drug-likeness (QED) is 0.667. The van der Waals surface area contributed by atoms with E-state index in [1.54, 1.807) is 67.1 Å². The maximum atomic E-state index is 13.8. The fraction of sp³-hybridized carbons (Fsp3) is 0.200. The van der Waals surface area contributed by atoms with Crippen molar-refractivity contribution in [2.45, 2.75) is 18.3 Å². The van der Waals surface area contributed by atoms with Crippen molar-refractivity contribution < 1.29 is 23.0 Å². The number of rotatable bonds is 4. The molecule has 1 atom stereocenters.